The van der Waals surface area contributed by atoms with E-state index in [4.69, 9.17) is 4.74 Å². The van der Waals surface area contributed by atoms with Crippen LogP contribution in [0.2, 0.25) is 0 Å². The minimum atomic E-state index is 0.330. The quantitative estimate of drug-likeness (QED) is 0.775. The Bertz CT molecular complexity index is 348. The lowest BCUT2D eigenvalue weighted by Gasteiger charge is -2.12. The highest BCUT2D eigenvalue weighted by atomic mass is 32.1. The first-order valence-electron chi connectivity index (χ1n) is 5.07. The van der Waals surface area contributed by atoms with Crippen molar-refractivity contribution >= 4 is 11.3 Å². The smallest absolute Gasteiger partial charge is 0.129 e. The molecular formula is C12H17NOS. The van der Waals surface area contributed by atoms with Gasteiger partial charge in [0, 0.05) is 16.7 Å². The van der Waals surface area contributed by atoms with Gasteiger partial charge in [0.1, 0.15) is 5.75 Å². The summed E-state index contributed by atoms with van der Waals surface area (Å²) in [5.74, 6) is 6.98. The lowest BCUT2D eigenvalue weighted by Crippen LogP contribution is -2.19. The number of hydrogen-bond acceptors (Lipinski definition) is 3. The van der Waals surface area contributed by atoms with Gasteiger partial charge in [-0.25, -0.2) is 0 Å². The first-order chi connectivity index (χ1) is 7.31. The molecule has 0 aliphatic rings. The van der Waals surface area contributed by atoms with E-state index in [1.54, 1.807) is 18.4 Å². The molecule has 15 heavy (non-hydrogen) atoms. The maximum atomic E-state index is 5.17. The van der Waals surface area contributed by atoms with Crippen molar-refractivity contribution in [2.75, 3.05) is 13.7 Å². The average molecular weight is 223 g/mol. The second kappa shape index (κ2) is 6.49. The monoisotopic (exact) mass is 223 g/mol. The summed E-state index contributed by atoms with van der Waals surface area (Å²) in [5.41, 5.74) is 0. The highest BCUT2D eigenvalue weighted by molar-refractivity contribution is 7.10. The molecule has 3 heteroatoms. The van der Waals surface area contributed by atoms with Gasteiger partial charge in [0.15, 0.2) is 0 Å². The van der Waals surface area contributed by atoms with E-state index in [9.17, 15) is 0 Å². The molecule has 2 nitrogen and oxygen atoms in total. The molecule has 1 heterocycles. The Morgan fingerprint density at radius 3 is 2.93 bits per heavy atom. The zero-order valence-corrected chi connectivity index (χ0v) is 10.3. The first-order valence-corrected chi connectivity index (χ1v) is 5.95. The molecule has 0 bridgehead atoms. The number of rotatable bonds is 5. The Labute approximate surface area is 95.7 Å². The third-order valence-corrected chi connectivity index (χ3v) is 3.13. The van der Waals surface area contributed by atoms with Crippen LogP contribution in [0.4, 0.5) is 0 Å². The summed E-state index contributed by atoms with van der Waals surface area (Å²) in [6.45, 7) is 4.94. The third-order valence-electron chi connectivity index (χ3n) is 2.11. The molecule has 1 unspecified atom stereocenters. The molecule has 0 saturated heterocycles. The van der Waals surface area contributed by atoms with E-state index in [-0.39, 0.29) is 0 Å². The van der Waals surface area contributed by atoms with Crippen molar-refractivity contribution in [2.45, 2.75) is 26.3 Å². The van der Waals surface area contributed by atoms with Crippen LogP contribution < -0.4 is 10.1 Å². The second-order valence-corrected chi connectivity index (χ2v) is 4.07. The molecule has 0 aliphatic heterocycles. The number of methoxy groups -OCH3 is 1. The maximum absolute atomic E-state index is 5.17. The Hall–Kier alpha value is -0.980. The first kappa shape index (κ1) is 12.1. The molecule has 1 aromatic rings. The molecule has 1 atom stereocenters. The number of ether oxygens (including phenoxy) is 1. The molecule has 0 aliphatic carbocycles. The SMILES string of the molecule is CC#CCC(NCC)c1cc(OC)cs1. The summed E-state index contributed by atoms with van der Waals surface area (Å²) >= 11 is 1.72. The lowest BCUT2D eigenvalue weighted by molar-refractivity contribution is 0.416. The van der Waals surface area contributed by atoms with Crippen LogP contribution in [0, 0.1) is 11.8 Å². The van der Waals surface area contributed by atoms with E-state index < -0.39 is 0 Å². The fraction of sp³-hybridized carbons (Fsp3) is 0.500. The Kier molecular flexibility index (Phi) is 5.23. The van der Waals surface area contributed by atoms with Crippen molar-refractivity contribution in [1.82, 2.24) is 5.32 Å². The Morgan fingerprint density at radius 2 is 2.40 bits per heavy atom. The minimum Gasteiger partial charge on any atom is -0.496 e. The summed E-state index contributed by atoms with van der Waals surface area (Å²) in [6.07, 6.45) is 0.855. The van der Waals surface area contributed by atoms with Crippen LogP contribution >= 0.6 is 11.3 Å². The van der Waals surface area contributed by atoms with Crippen molar-refractivity contribution in [3.63, 3.8) is 0 Å². The van der Waals surface area contributed by atoms with Crippen LogP contribution in [0.25, 0.3) is 0 Å². The molecule has 1 aromatic heterocycles. The third kappa shape index (κ3) is 3.58. The largest absolute Gasteiger partial charge is 0.496 e. The summed E-state index contributed by atoms with van der Waals surface area (Å²) < 4.78 is 5.17. The number of thiophene rings is 1. The molecule has 0 radical (unpaired) electrons. The van der Waals surface area contributed by atoms with Gasteiger partial charge in [-0.05, 0) is 19.5 Å². The molecule has 0 aromatic carbocycles. The normalized spacial score (nSPS) is 11.7. The van der Waals surface area contributed by atoms with E-state index in [0.717, 1.165) is 18.7 Å². The zero-order chi connectivity index (χ0) is 11.1. The summed E-state index contributed by atoms with van der Waals surface area (Å²) in [4.78, 5) is 1.29. The Balaban J connectivity index is 2.72. The average Bonchev–Trinajstić information content (AvgIpc) is 2.72. The predicted octanol–water partition coefficient (Wildman–Crippen LogP) is 2.82. The van der Waals surface area contributed by atoms with E-state index in [0.29, 0.717) is 6.04 Å². The van der Waals surface area contributed by atoms with Crippen LogP contribution in [-0.2, 0) is 0 Å². The molecule has 82 valence electrons. The van der Waals surface area contributed by atoms with Gasteiger partial charge in [-0.3, -0.25) is 0 Å². The highest BCUT2D eigenvalue weighted by Gasteiger charge is 2.11. The van der Waals surface area contributed by atoms with Crippen LogP contribution in [0.1, 0.15) is 31.2 Å². The van der Waals surface area contributed by atoms with E-state index in [2.05, 4.69) is 30.1 Å². The van der Waals surface area contributed by atoms with Crippen LogP contribution in [0.15, 0.2) is 11.4 Å². The fourth-order valence-corrected chi connectivity index (χ4v) is 2.28. The van der Waals surface area contributed by atoms with Gasteiger partial charge in [0.2, 0.25) is 0 Å². The van der Waals surface area contributed by atoms with Crippen molar-refractivity contribution in [3.05, 3.63) is 16.3 Å². The van der Waals surface area contributed by atoms with E-state index in [1.807, 2.05) is 12.3 Å². The summed E-state index contributed by atoms with van der Waals surface area (Å²) in [5, 5.41) is 5.45. The second-order valence-electron chi connectivity index (χ2n) is 3.13. The van der Waals surface area contributed by atoms with Crippen LogP contribution in [0.3, 0.4) is 0 Å². The molecule has 0 fully saturated rings. The maximum Gasteiger partial charge on any atom is 0.129 e. The van der Waals surface area contributed by atoms with Gasteiger partial charge in [0.25, 0.3) is 0 Å². The van der Waals surface area contributed by atoms with Gasteiger partial charge >= 0.3 is 0 Å². The minimum absolute atomic E-state index is 0.330. The molecular weight excluding hydrogens is 206 g/mol. The number of nitrogens with one attached hydrogen (secondary N) is 1. The standard InChI is InChI=1S/C12H17NOS/c1-4-6-7-11(13-5-2)12-8-10(14-3)9-15-12/h8-9,11,13H,5,7H2,1-3H3. The van der Waals surface area contributed by atoms with Gasteiger partial charge in [-0.15, -0.1) is 23.2 Å². The Morgan fingerprint density at radius 1 is 1.60 bits per heavy atom. The van der Waals surface area contributed by atoms with Crippen LogP contribution in [-0.4, -0.2) is 13.7 Å². The van der Waals surface area contributed by atoms with E-state index >= 15 is 0 Å². The van der Waals surface area contributed by atoms with Gasteiger partial charge in [-0.2, -0.15) is 0 Å². The fourth-order valence-electron chi connectivity index (χ4n) is 1.35. The van der Waals surface area contributed by atoms with Crippen molar-refractivity contribution in [1.29, 1.82) is 0 Å². The predicted molar refractivity (Wildman–Crippen MR) is 65.4 cm³/mol. The van der Waals surface area contributed by atoms with Crippen molar-refractivity contribution in [2.24, 2.45) is 0 Å². The lowest BCUT2D eigenvalue weighted by atomic mass is 10.1. The summed E-state index contributed by atoms with van der Waals surface area (Å²) in [6, 6.07) is 2.41. The molecule has 0 saturated carbocycles. The van der Waals surface area contributed by atoms with Crippen LogP contribution in [0.5, 0.6) is 5.75 Å². The van der Waals surface area contributed by atoms with Gasteiger partial charge in [-0.1, -0.05) is 6.92 Å². The highest BCUT2D eigenvalue weighted by Crippen LogP contribution is 2.28. The topological polar surface area (TPSA) is 21.3 Å². The molecule has 0 amide bonds. The van der Waals surface area contributed by atoms with Gasteiger partial charge in [0.05, 0.1) is 13.2 Å². The molecule has 1 N–H and O–H groups in total. The molecule has 0 spiro atoms. The zero-order valence-electron chi connectivity index (χ0n) is 9.46. The van der Waals surface area contributed by atoms with Crippen molar-refractivity contribution < 1.29 is 4.74 Å². The van der Waals surface area contributed by atoms with Crippen molar-refractivity contribution in [3.8, 4) is 17.6 Å². The van der Waals surface area contributed by atoms with E-state index in [1.165, 1.54) is 4.88 Å². The van der Waals surface area contributed by atoms with Gasteiger partial charge < -0.3 is 10.1 Å². The molecule has 1 rings (SSSR count). The summed E-state index contributed by atoms with van der Waals surface area (Å²) in [7, 11) is 1.69. The number of hydrogen-bond donors (Lipinski definition) is 1.